The van der Waals surface area contributed by atoms with Gasteiger partial charge in [0.15, 0.2) is 0 Å². The van der Waals surface area contributed by atoms with Crippen molar-refractivity contribution in [2.75, 3.05) is 19.0 Å². The van der Waals surface area contributed by atoms with E-state index in [4.69, 9.17) is 4.74 Å². The predicted octanol–water partition coefficient (Wildman–Crippen LogP) is 1.55. The molecule has 4 amide bonds. The first-order chi connectivity index (χ1) is 13.6. The Hall–Kier alpha value is -3.62. The van der Waals surface area contributed by atoms with E-state index in [1.54, 1.807) is 42.6 Å². The molecule has 0 unspecified atom stereocenters. The third-order valence-corrected chi connectivity index (χ3v) is 4.38. The van der Waals surface area contributed by atoms with Crippen molar-refractivity contribution in [1.82, 2.24) is 20.7 Å². The van der Waals surface area contributed by atoms with Crippen LogP contribution in [0.5, 0.6) is 5.75 Å². The van der Waals surface area contributed by atoms with E-state index < -0.39 is 18.0 Å². The Kier molecular flexibility index (Phi) is 6.05. The van der Waals surface area contributed by atoms with Gasteiger partial charge in [0.05, 0.1) is 19.0 Å². The summed E-state index contributed by atoms with van der Waals surface area (Å²) in [5, 5.41) is 2.75. The Bertz CT molecular complexity index is 841. The number of anilines is 1. The van der Waals surface area contributed by atoms with Crippen molar-refractivity contribution in [2.24, 2.45) is 0 Å². The van der Waals surface area contributed by atoms with Crippen LogP contribution in [-0.4, -0.2) is 47.4 Å². The van der Waals surface area contributed by atoms with Gasteiger partial charge >= 0.3 is 6.03 Å². The van der Waals surface area contributed by atoms with Crippen LogP contribution in [0.25, 0.3) is 0 Å². The van der Waals surface area contributed by atoms with Gasteiger partial charge in [0, 0.05) is 18.3 Å². The Morgan fingerprint density at radius 3 is 2.61 bits per heavy atom. The van der Waals surface area contributed by atoms with Crippen molar-refractivity contribution in [2.45, 2.75) is 18.9 Å². The molecule has 146 valence electrons. The molecule has 1 aliphatic rings. The largest absolute Gasteiger partial charge is 0.497 e. The molecule has 0 bridgehead atoms. The lowest BCUT2D eigenvalue weighted by Crippen LogP contribution is -2.52. The van der Waals surface area contributed by atoms with Crippen molar-refractivity contribution in [1.29, 1.82) is 0 Å². The maximum Gasteiger partial charge on any atom is 0.336 e. The number of rotatable bonds is 4. The highest BCUT2D eigenvalue weighted by Crippen LogP contribution is 2.19. The van der Waals surface area contributed by atoms with Crippen LogP contribution < -0.4 is 20.9 Å². The summed E-state index contributed by atoms with van der Waals surface area (Å²) >= 11 is 0. The molecule has 3 N–H and O–H groups in total. The minimum absolute atomic E-state index is 0.290. The zero-order valence-corrected chi connectivity index (χ0v) is 15.3. The molecular formula is C19H21N5O4. The number of aromatic nitrogens is 1. The van der Waals surface area contributed by atoms with Crippen LogP contribution in [0.4, 0.5) is 10.5 Å². The van der Waals surface area contributed by atoms with Crippen LogP contribution in [0, 0.1) is 0 Å². The number of nitrogens with one attached hydrogen (secondary N) is 3. The summed E-state index contributed by atoms with van der Waals surface area (Å²) in [5.74, 6) is -0.131. The van der Waals surface area contributed by atoms with Gasteiger partial charge in [-0.25, -0.2) is 10.2 Å². The standard InChI is InChI=1S/C19H21N5O4/c1-28-15-8-6-13(7-9-15)17(25)22-23-19(27)24-11-3-5-16(24)18(26)21-14-4-2-10-20-12-14/h2,4,6-10,12,16H,3,5,11H2,1H3,(H,21,26)(H,22,25)(H,23,27)/t16-/m1/s1. The number of amides is 4. The minimum Gasteiger partial charge on any atom is -0.497 e. The lowest BCUT2D eigenvalue weighted by atomic mass is 10.2. The van der Waals surface area contributed by atoms with E-state index in [2.05, 4.69) is 21.2 Å². The van der Waals surface area contributed by atoms with Crippen LogP contribution in [0.3, 0.4) is 0 Å². The molecule has 3 rings (SSSR count). The van der Waals surface area contributed by atoms with Crippen LogP contribution in [-0.2, 0) is 4.79 Å². The number of carbonyl (C=O) groups is 3. The summed E-state index contributed by atoms with van der Waals surface area (Å²) in [4.78, 5) is 42.4. The van der Waals surface area contributed by atoms with Gasteiger partial charge in [0.2, 0.25) is 5.91 Å². The summed E-state index contributed by atoms with van der Waals surface area (Å²) in [6.07, 6.45) is 4.39. The Labute approximate surface area is 162 Å². The van der Waals surface area contributed by atoms with Crippen molar-refractivity contribution < 1.29 is 19.1 Å². The maximum absolute atomic E-state index is 12.5. The lowest BCUT2D eigenvalue weighted by molar-refractivity contribution is -0.119. The number of likely N-dealkylation sites (tertiary alicyclic amines) is 1. The van der Waals surface area contributed by atoms with Crippen LogP contribution in [0.1, 0.15) is 23.2 Å². The molecule has 1 saturated heterocycles. The van der Waals surface area contributed by atoms with Gasteiger partial charge < -0.3 is 15.0 Å². The highest BCUT2D eigenvalue weighted by Gasteiger charge is 2.34. The van der Waals surface area contributed by atoms with Gasteiger partial charge in [-0.1, -0.05) is 0 Å². The fourth-order valence-electron chi connectivity index (χ4n) is 2.94. The number of ether oxygens (including phenoxy) is 1. The predicted molar refractivity (Wildman–Crippen MR) is 102 cm³/mol. The number of pyridine rings is 1. The van der Waals surface area contributed by atoms with E-state index >= 15 is 0 Å². The summed E-state index contributed by atoms with van der Waals surface area (Å²) in [6.45, 7) is 0.426. The van der Waals surface area contributed by atoms with E-state index in [0.29, 0.717) is 36.4 Å². The molecule has 0 spiro atoms. The lowest BCUT2D eigenvalue weighted by Gasteiger charge is -2.24. The molecule has 2 heterocycles. The number of hydrogen-bond acceptors (Lipinski definition) is 5. The fraction of sp³-hybridized carbons (Fsp3) is 0.263. The molecule has 1 fully saturated rings. The quantitative estimate of drug-likeness (QED) is 0.694. The number of carbonyl (C=O) groups excluding carboxylic acids is 3. The first-order valence-corrected chi connectivity index (χ1v) is 8.80. The number of benzene rings is 1. The SMILES string of the molecule is COc1ccc(C(=O)NNC(=O)N2CCC[C@@H]2C(=O)Nc2cccnc2)cc1. The molecule has 1 atom stereocenters. The molecule has 1 aliphatic heterocycles. The molecule has 9 heteroatoms. The minimum atomic E-state index is -0.613. The zero-order valence-electron chi connectivity index (χ0n) is 15.3. The number of hydrazine groups is 1. The third-order valence-electron chi connectivity index (χ3n) is 4.38. The molecular weight excluding hydrogens is 362 g/mol. The fourth-order valence-corrected chi connectivity index (χ4v) is 2.94. The molecule has 0 saturated carbocycles. The maximum atomic E-state index is 12.5. The number of methoxy groups -OCH3 is 1. The highest BCUT2D eigenvalue weighted by molar-refractivity contribution is 5.98. The third kappa shape index (κ3) is 4.56. The van der Waals surface area contributed by atoms with Crippen LogP contribution >= 0.6 is 0 Å². The Morgan fingerprint density at radius 1 is 1.14 bits per heavy atom. The van der Waals surface area contributed by atoms with Gasteiger partial charge in [0.25, 0.3) is 5.91 Å². The summed E-state index contributed by atoms with van der Waals surface area (Å²) < 4.78 is 5.04. The molecule has 9 nitrogen and oxygen atoms in total. The Morgan fingerprint density at radius 2 is 1.93 bits per heavy atom. The first-order valence-electron chi connectivity index (χ1n) is 8.80. The molecule has 1 aromatic carbocycles. The van der Waals surface area contributed by atoms with Crippen molar-refractivity contribution in [3.8, 4) is 5.75 Å². The van der Waals surface area contributed by atoms with Gasteiger partial charge in [-0.15, -0.1) is 0 Å². The summed E-state index contributed by atoms with van der Waals surface area (Å²) in [6, 6.07) is 8.75. The van der Waals surface area contributed by atoms with Gasteiger partial charge in [-0.2, -0.15) is 0 Å². The first kappa shape index (κ1) is 19.2. The second-order valence-electron chi connectivity index (χ2n) is 6.20. The van der Waals surface area contributed by atoms with Crippen molar-refractivity contribution in [3.05, 3.63) is 54.4 Å². The van der Waals surface area contributed by atoms with Gasteiger partial charge in [-0.3, -0.25) is 20.0 Å². The van der Waals surface area contributed by atoms with E-state index in [0.717, 1.165) is 0 Å². The number of urea groups is 1. The second-order valence-corrected chi connectivity index (χ2v) is 6.20. The van der Waals surface area contributed by atoms with E-state index in [-0.39, 0.29) is 5.91 Å². The monoisotopic (exact) mass is 383 g/mol. The summed E-state index contributed by atoms with van der Waals surface area (Å²) in [7, 11) is 1.53. The number of hydrogen-bond donors (Lipinski definition) is 3. The second kappa shape index (κ2) is 8.85. The van der Waals surface area contributed by atoms with Gasteiger partial charge in [0.1, 0.15) is 11.8 Å². The molecule has 1 aromatic heterocycles. The van der Waals surface area contributed by atoms with Crippen molar-refractivity contribution >= 4 is 23.5 Å². The smallest absolute Gasteiger partial charge is 0.336 e. The molecule has 0 radical (unpaired) electrons. The van der Waals surface area contributed by atoms with Crippen LogP contribution in [0.2, 0.25) is 0 Å². The molecule has 2 aromatic rings. The van der Waals surface area contributed by atoms with E-state index in [1.165, 1.54) is 18.2 Å². The highest BCUT2D eigenvalue weighted by atomic mass is 16.5. The van der Waals surface area contributed by atoms with Crippen molar-refractivity contribution in [3.63, 3.8) is 0 Å². The topological polar surface area (TPSA) is 113 Å². The number of nitrogens with zero attached hydrogens (tertiary/aromatic N) is 2. The van der Waals surface area contributed by atoms with E-state index in [1.807, 2.05) is 0 Å². The summed E-state index contributed by atoms with van der Waals surface area (Å²) in [5.41, 5.74) is 5.66. The average Bonchev–Trinajstić information content (AvgIpc) is 3.23. The molecule has 28 heavy (non-hydrogen) atoms. The van der Waals surface area contributed by atoms with Crippen LogP contribution in [0.15, 0.2) is 48.8 Å². The normalized spacial score (nSPS) is 15.6. The Balaban J connectivity index is 1.55. The van der Waals surface area contributed by atoms with Gasteiger partial charge in [-0.05, 0) is 49.2 Å². The zero-order chi connectivity index (χ0) is 19.9. The average molecular weight is 383 g/mol. The van der Waals surface area contributed by atoms with E-state index in [9.17, 15) is 14.4 Å². The molecule has 0 aliphatic carbocycles.